The number of carbonyl (C=O) groups excluding carboxylic acids is 2. The number of rotatable bonds is 15. The lowest BCUT2D eigenvalue weighted by Crippen LogP contribution is -2.30. The van der Waals surface area contributed by atoms with Crippen LogP contribution in [0.25, 0.3) is 0 Å². The minimum absolute atomic E-state index is 0.552. The Kier molecular flexibility index (Phi) is 19.0. The molecule has 0 aliphatic heterocycles. The average molecular weight is 707 g/mol. The van der Waals surface area contributed by atoms with Gasteiger partial charge in [0.2, 0.25) is 0 Å². The number of unbranched alkanes of at least 4 members (excludes halogenated alkanes) is 7. The van der Waals surface area contributed by atoms with Crippen molar-refractivity contribution >= 4 is 11.6 Å². The van der Waals surface area contributed by atoms with E-state index in [4.69, 9.17) is 0 Å². The molecule has 6 saturated carbocycles. The molecule has 6 aliphatic rings. The fourth-order valence-electron chi connectivity index (χ4n) is 12.9. The van der Waals surface area contributed by atoms with Crippen molar-refractivity contribution in [1.29, 1.82) is 0 Å². The van der Waals surface area contributed by atoms with E-state index >= 15 is 0 Å². The van der Waals surface area contributed by atoms with Gasteiger partial charge in [-0.1, -0.05) is 110 Å². The molecule has 0 aromatic carbocycles. The van der Waals surface area contributed by atoms with Crippen LogP contribution in [0, 0.1) is 59.2 Å². The normalized spacial score (nSPS) is 36.7. The summed E-state index contributed by atoms with van der Waals surface area (Å²) in [7, 11) is 0. The molecule has 2 atom stereocenters. The molecular formula is C49H86O2. The van der Waals surface area contributed by atoms with Gasteiger partial charge in [0.25, 0.3) is 0 Å². The van der Waals surface area contributed by atoms with Crippen LogP contribution in [0.15, 0.2) is 0 Å². The monoisotopic (exact) mass is 707 g/mol. The Morgan fingerprint density at radius 1 is 0.353 bits per heavy atom. The van der Waals surface area contributed by atoms with Gasteiger partial charge in [0, 0.05) is 25.7 Å². The van der Waals surface area contributed by atoms with Gasteiger partial charge in [-0.3, -0.25) is 9.59 Å². The molecule has 51 heavy (non-hydrogen) atoms. The maximum atomic E-state index is 11.8. The van der Waals surface area contributed by atoms with Gasteiger partial charge in [-0.05, 0) is 162 Å². The van der Waals surface area contributed by atoms with Crippen molar-refractivity contribution in [2.75, 3.05) is 0 Å². The van der Waals surface area contributed by atoms with E-state index in [1.54, 1.807) is 0 Å². The molecule has 6 fully saturated rings. The molecule has 0 amide bonds. The molecule has 0 bridgehead atoms. The molecule has 294 valence electrons. The summed E-state index contributed by atoms with van der Waals surface area (Å²) in [5.74, 6) is 10.6. The molecule has 6 rings (SSSR count). The van der Waals surface area contributed by atoms with Crippen LogP contribution in [-0.4, -0.2) is 11.6 Å². The SMILES string of the molecule is CCCCCCC1CCC(C2CCC(C3CCCC(=O)C3)CC2)CC1.CCCCCCCC1CCC(C2CCC(C3CCCC(=O)C3)CC2)CC1. The van der Waals surface area contributed by atoms with E-state index < -0.39 is 0 Å². The maximum absolute atomic E-state index is 11.8. The third-order valence-electron chi connectivity index (χ3n) is 16.3. The summed E-state index contributed by atoms with van der Waals surface area (Å²) >= 11 is 0. The van der Waals surface area contributed by atoms with Crippen molar-refractivity contribution in [3.63, 3.8) is 0 Å². The molecule has 0 aromatic heterocycles. The topological polar surface area (TPSA) is 34.1 Å². The van der Waals surface area contributed by atoms with Crippen LogP contribution in [0.2, 0.25) is 0 Å². The van der Waals surface area contributed by atoms with Gasteiger partial charge in [0.1, 0.15) is 11.6 Å². The molecule has 0 N–H and O–H groups in total. The summed E-state index contributed by atoms with van der Waals surface area (Å²) in [4.78, 5) is 23.6. The van der Waals surface area contributed by atoms with E-state index in [9.17, 15) is 9.59 Å². The fraction of sp³-hybridized carbons (Fsp3) is 0.959. The Hall–Kier alpha value is -0.660. The highest BCUT2D eigenvalue weighted by molar-refractivity contribution is 5.79. The van der Waals surface area contributed by atoms with Crippen LogP contribution in [0.3, 0.4) is 0 Å². The first kappa shape index (κ1) is 41.5. The van der Waals surface area contributed by atoms with Crippen molar-refractivity contribution in [3.05, 3.63) is 0 Å². The van der Waals surface area contributed by atoms with Gasteiger partial charge >= 0.3 is 0 Å². The van der Waals surface area contributed by atoms with Gasteiger partial charge in [-0.25, -0.2) is 0 Å². The highest BCUT2D eigenvalue weighted by atomic mass is 16.1. The summed E-state index contributed by atoms with van der Waals surface area (Å²) < 4.78 is 0. The molecule has 0 spiro atoms. The molecule has 0 saturated heterocycles. The first-order valence-electron chi connectivity index (χ1n) is 24.1. The molecule has 2 unspecified atom stereocenters. The van der Waals surface area contributed by atoms with Crippen molar-refractivity contribution in [3.8, 4) is 0 Å². The molecular weight excluding hydrogens is 621 g/mol. The maximum Gasteiger partial charge on any atom is 0.133 e. The number of Topliss-reactive ketones (excluding diaryl/α,β-unsaturated/α-hetero) is 2. The fourth-order valence-corrected chi connectivity index (χ4v) is 12.9. The standard InChI is InChI=1S/C25H44O.C24H42O/c1-2-3-4-5-6-8-20-11-13-21(14-12-20)22-15-17-23(18-16-22)24-9-7-10-25(26)19-24;1-2-3-4-5-7-19-10-12-20(13-11-19)21-14-16-22(17-15-21)23-8-6-9-24(25)18-23/h20-24H,2-19H2,1H3;19-23H,2-18H2,1H3. The van der Waals surface area contributed by atoms with E-state index in [0.717, 1.165) is 84.9 Å². The van der Waals surface area contributed by atoms with Crippen LogP contribution in [0.5, 0.6) is 0 Å². The Labute approximate surface area is 318 Å². The van der Waals surface area contributed by atoms with Gasteiger partial charge in [0.05, 0.1) is 0 Å². The number of carbonyl (C=O) groups is 2. The Balaban J connectivity index is 0.000000198. The lowest BCUT2D eigenvalue weighted by molar-refractivity contribution is -0.123. The van der Waals surface area contributed by atoms with E-state index in [1.165, 1.54) is 199 Å². The second-order valence-corrected chi connectivity index (χ2v) is 19.8. The lowest BCUT2D eigenvalue weighted by Gasteiger charge is -2.40. The van der Waals surface area contributed by atoms with Crippen molar-refractivity contribution in [2.45, 2.75) is 239 Å². The van der Waals surface area contributed by atoms with Crippen LogP contribution >= 0.6 is 0 Å². The van der Waals surface area contributed by atoms with Crippen molar-refractivity contribution in [2.24, 2.45) is 59.2 Å². The van der Waals surface area contributed by atoms with Crippen LogP contribution in [-0.2, 0) is 9.59 Å². The minimum Gasteiger partial charge on any atom is -0.300 e. The summed E-state index contributed by atoms with van der Waals surface area (Å²) in [6, 6.07) is 0. The third kappa shape index (κ3) is 14.2. The number of hydrogen-bond donors (Lipinski definition) is 0. The van der Waals surface area contributed by atoms with Gasteiger partial charge < -0.3 is 0 Å². The van der Waals surface area contributed by atoms with E-state index in [1.807, 2.05) is 0 Å². The highest BCUT2D eigenvalue weighted by Crippen LogP contribution is 2.47. The summed E-state index contributed by atoms with van der Waals surface area (Å²) in [6.45, 7) is 4.62. The Morgan fingerprint density at radius 3 is 0.980 bits per heavy atom. The molecule has 6 aliphatic carbocycles. The first-order chi connectivity index (χ1) is 25.0. The van der Waals surface area contributed by atoms with Crippen molar-refractivity contribution < 1.29 is 9.59 Å². The Morgan fingerprint density at radius 2 is 0.647 bits per heavy atom. The van der Waals surface area contributed by atoms with Crippen LogP contribution in [0.4, 0.5) is 0 Å². The quantitative estimate of drug-likeness (QED) is 0.159. The van der Waals surface area contributed by atoms with Gasteiger partial charge in [0.15, 0.2) is 0 Å². The molecule has 0 radical (unpaired) electrons. The molecule has 0 aromatic rings. The summed E-state index contributed by atoms with van der Waals surface area (Å²) in [6.07, 6.45) is 48.4. The zero-order chi connectivity index (χ0) is 35.7. The minimum atomic E-state index is 0.552. The molecule has 2 nitrogen and oxygen atoms in total. The smallest absolute Gasteiger partial charge is 0.133 e. The van der Waals surface area contributed by atoms with Crippen molar-refractivity contribution in [1.82, 2.24) is 0 Å². The Bertz CT molecular complexity index is 937. The second kappa shape index (κ2) is 23.3. The van der Waals surface area contributed by atoms with E-state index in [0.29, 0.717) is 11.6 Å². The molecule has 2 heteroatoms. The summed E-state index contributed by atoms with van der Waals surface area (Å²) in [5, 5.41) is 0. The molecule has 0 heterocycles. The number of ketones is 2. The average Bonchev–Trinajstić information content (AvgIpc) is 3.17. The van der Waals surface area contributed by atoms with Crippen LogP contribution < -0.4 is 0 Å². The predicted molar refractivity (Wildman–Crippen MR) is 218 cm³/mol. The number of hydrogen-bond acceptors (Lipinski definition) is 2. The largest absolute Gasteiger partial charge is 0.300 e. The zero-order valence-corrected chi connectivity index (χ0v) is 34.3. The zero-order valence-electron chi connectivity index (χ0n) is 34.3. The van der Waals surface area contributed by atoms with Crippen LogP contribution in [0.1, 0.15) is 239 Å². The first-order valence-corrected chi connectivity index (χ1v) is 24.1. The third-order valence-corrected chi connectivity index (χ3v) is 16.3. The lowest BCUT2D eigenvalue weighted by atomic mass is 9.65. The highest BCUT2D eigenvalue weighted by Gasteiger charge is 2.36. The van der Waals surface area contributed by atoms with Gasteiger partial charge in [-0.2, -0.15) is 0 Å². The summed E-state index contributed by atoms with van der Waals surface area (Å²) in [5.41, 5.74) is 0. The van der Waals surface area contributed by atoms with Gasteiger partial charge in [-0.15, -0.1) is 0 Å². The van der Waals surface area contributed by atoms with E-state index in [2.05, 4.69) is 13.8 Å². The second-order valence-electron chi connectivity index (χ2n) is 19.8. The van der Waals surface area contributed by atoms with E-state index in [-0.39, 0.29) is 0 Å². The predicted octanol–water partition coefficient (Wildman–Crippen LogP) is 15.0.